The van der Waals surface area contributed by atoms with Crippen LogP contribution in [0.25, 0.3) is 0 Å². The Bertz CT molecular complexity index is 300. The first-order valence-corrected chi connectivity index (χ1v) is 8.05. The lowest BCUT2D eigenvalue weighted by Crippen LogP contribution is -2.48. The van der Waals surface area contributed by atoms with E-state index in [1.165, 1.54) is 25.7 Å². The molecule has 1 saturated heterocycles. The van der Waals surface area contributed by atoms with Gasteiger partial charge in [0.2, 0.25) is 0 Å². The predicted octanol–water partition coefficient (Wildman–Crippen LogP) is 3.53. The average molecular weight is 267 g/mol. The van der Waals surface area contributed by atoms with Crippen LogP contribution < -0.4 is 0 Å². The number of carboxylic acid groups (broad SMARTS) is 1. The topological polar surface area (TPSA) is 40.5 Å². The number of piperidine rings is 1. The lowest BCUT2D eigenvalue weighted by Gasteiger charge is -2.44. The van der Waals surface area contributed by atoms with Crippen LogP contribution in [0.4, 0.5) is 0 Å². The van der Waals surface area contributed by atoms with Gasteiger partial charge in [-0.05, 0) is 64.0 Å². The number of likely N-dealkylation sites (tertiary alicyclic amines) is 1. The standard InChI is InChI=1S/C16H29NO2/c1-3-8-16(15(18)19)9-11-17(12-10-16)14-6-4-13(2)5-7-14/h13-14H,3-12H2,1-2H3,(H,18,19). The van der Waals surface area contributed by atoms with Crippen LogP contribution in [0.2, 0.25) is 0 Å². The van der Waals surface area contributed by atoms with Gasteiger partial charge < -0.3 is 10.0 Å². The maximum absolute atomic E-state index is 11.6. The van der Waals surface area contributed by atoms with Crippen molar-refractivity contribution >= 4 is 5.97 Å². The molecule has 0 bridgehead atoms. The van der Waals surface area contributed by atoms with Crippen LogP contribution in [-0.4, -0.2) is 35.1 Å². The van der Waals surface area contributed by atoms with Crippen molar-refractivity contribution in [3.05, 3.63) is 0 Å². The molecule has 0 radical (unpaired) electrons. The molecule has 1 aliphatic carbocycles. The summed E-state index contributed by atoms with van der Waals surface area (Å²) in [6.07, 6.45) is 8.85. The smallest absolute Gasteiger partial charge is 0.309 e. The molecule has 2 aliphatic rings. The Morgan fingerprint density at radius 3 is 2.26 bits per heavy atom. The van der Waals surface area contributed by atoms with E-state index in [9.17, 15) is 9.90 Å². The van der Waals surface area contributed by atoms with E-state index in [4.69, 9.17) is 0 Å². The van der Waals surface area contributed by atoms with Gasteiger partial charge in [-0.15, -0.1) is 0 Å². The minimum atomic E-state index is -0.564. The molecule has 2 fully saturated rings. The SMILES string of the molecule is CCCC1(C(=O)O)CCN(C2CCC(C)CC2)CC1. The quantitative estimate of drug-likeness (QED) is 0.847. The molecule has 0 amide bonds. The van der Waals surface area contributed by atoms with Crippen LogP contribution in [0.15, 0.2) is 0 Å². The fraction of sp³-hybridized carbons (Fsp3) is 0.938. The van der Waals surface area contributed by atoms with E-state index in [0.29, 0.717) is 0 Å². The molecule has 0 aromatic heterocycles. The van der Waals surface area contributed by atoms with Crippen LogP contribution in [0.5, 0.6) is 0 Å². The number of carboxylic acids is 1. The van der Waals surface area contributed by atoms with Crippen molar-refractivity contribution in [1.29, 1.82) is 0 Å². The maximum Gasteiger partial charge on any atom is 0.309 e. The van der Waals surface area contributed by atoms with Gasteiger partial charge in [0.05, 0.1) is 5.41 Å². The van der Waals surface area contributed by atoms with Crippen molar-refractivity contribution in [3.63, 3.8) is 0 Å². The predicted molar refractivity (Wildman–Crippen MR) is 77.2 cm³/mol. The van der Waals surface area contributed by atoms with Gasteiger partial charge in [-0.1, -0.05) is 20.3 Å². The molecule has 2 rings (SSSR count). The highest BCUT2D eigenvalue weighted by Crippen LogP contribution is 2.38. The van der Waals surface area contributed by atoms with Crippen molar-refractivity contribution in [2.24, 2.45) is 11.3 Å². The van der Waals surface area contributed by atoms with Gasteiger partial charge in [0, 0.05) is 6.04 Å². The van der Waals surface area contributed by atoms with Gasteiger partial charge in [-0.2, -0.15) is 0 Å². The fourth-order valence-corrected chi connectivity index (χ4v) is 3.97. The molecule has 3 nitrogen and oxygen atoms in total. The molecule has 1 saturated carbocycles. The average Bonchev–Trinajstić information content (AvgIpc) is 2.41. The summed E-state index contributed by atoms with van der Waals surface area (Å²) in [4.78, 5) is 14.1. The third-order valence-corrected chi connectivity index (χ3v) is 5.44. The van der Waals surface area contributed by atoms with E-state index in [2.05, 4.69) is 18.7 Å². The van der Waals surface area contributed by atoms with Crippen LogP contribution >= 0.6 is 0 Å². The summed E-state index contributed by atoms with van der Waals surface area (Å²) in [6.45, 7) is 6.43. The highest BCUT2D eigenvalue weighted by molar-refractivity contribution is 5.74. The van der Waals surface area contributed by atoms with Crippen molar-refractivity contribution in [2.75, 3.05) is 13.1 Å². The number of aliphatic carboxylic acids is 1. The van der Waals surface area contributed by atoms with E-state index >= 15 is 0 Å². The molecule has 1 aliphatic heterocycles. The van der Waals surface area contributed by atoms with E-state index < -0.39 is 11.4 Å². The lowest BCUT2D eigenvalue weighted by molar-refractivity contribution is -0.153. The van der Waals surface area contributed by atoms with Crippen LogP contribution in [0, 0.1) is 11.3 Å². The van der Waals surface area contributed by atoms with Gasteiger partial charge >= 0.3 is 5.97 Å². The number of carbonyl (C=O) groups is 1. The zero-order chi connectivity index (χ0) is 13.9. The third kappa shape index (κ3) is 3.31. The minimum Gasteiger partial charge on any atom is -0.481 e. The molecule has 1 N–H and O–H groups in total. The Hall–Kier alpha value is -0.570. The summed E-state index contributed by atoms with van der Waals surface area (Å²) < 4.78 is 0. The van der Waals surface area contributed by atoms with E-state index in [1.807, 2.05) is 0 Å². The van der Waals surface area contributed by atoms with Crippen LogP contribution in [-0.2, 0) is 4.79 Å². The van der Waals surface area contributed by atoms with Gasteiger partial charge in [0.15, 0.2) is 0 Å². The van der Waals surface area contributed by atoms with Crippen molar-refractivity contribution in [2.45, 2.75) is 71.3 Å². The zero-order valence-corrected chi connectivity index (χ0v) is 12.5. The van der Waals surface area contributed by atoms with E-state index in [-0.39, 0.29) is 0 Å². The first kappa shape index (κ1) is 14.8. The first-order chi connectivity index (χ1) is 9.07. The van der Waals surface area contributed by atoms with Gasteiger partial charge in [0.25, 0.3) is 0 Å². The normalized spacial score (nSPS) is 32.1. The summed E-state index contributed by atoms with van der Waals surface area (Å²) in [5.41, 5.74) is -0.423. The van der Waals surface area contributed by atoms with Crippen molar-refractivity contribution < 1.29 is 9.90 Å². The Morgan fingerprint density at radius 1 is 1.21 bits per heavy atom. The number of nitrogens with zero attached hydrogens (tertiary/aromatic N) is 1. The number of rotatable bonds is 4. The Labute approximate surface area is 117 Å². The molecule has 19 heavy (non-hydrogen) atoms. The monoisotopic (exact) mass is 267 g/mol. The highest BCUT2D eigenvalue weighted by atomic mass is 16.4. The summed E-state index contributed by atoms with van der Waals surface area (Å²) in [5.74, 6) is 0.325. The maximum atomic E-state index is 11.6. The second-order valence-electron chi connectivity index (χ2n) is 6.79. The largest absolute Gasteiger partial charge is 0.481 e. The Morgan fingerprint density at radius 2 is 1.79 bits per heavy atom. The third-order valence-electron chi connectivity index (χ3n) is 5.44. The highest BCUT2D eigenvalue weighted by Gasteiger charge is 2.41. The van der Waals surface area contributed by atoms with Gasteiger partial charge in [-0.3, -0.25) is 4.79 Å². The number of hydrogen-bond acceptors (Lipinski definition) is 2. The summed E-state index contributed by atoms with van der Waals surface area (Å²) in [5, 5.41) is 9.53. The molecular formula is C16H29NO2. The van der Waals surface area contributed by atoms with Crippen molar-refractivity contribution in [3.8, 4) is 0 Å². The molecule has 0 unspecified atom stereocenters. The van der Waals surface area contributed by atoms with Crippen LogP contribution in [0.3, 0.4) is 0 Å². The molecule has 0 aromatic carbocycles. The van der Waals surface area contributed by atoms with Crippen molar-refractivity contribution in [1.82, 2.24) is 4.90 Å². The molecule has 1 heterocycles. The lowest BCUT2D eigenvalue weighted by atomic mass is 9.74. The second kappa shape index (κ2) is 6.25. The number of hydrogen-bond donors (Lipinski definition) is 1. The fourth-order valence-electron chi connectivity index (χ4n) is 3.97. The molecule has 0 spiro atoms. The molecule has 110 valence electrons. The molecule has 0 atom stereocenters. The second-order valence-corrected chi connectivity index (χ2v) is 6.79. The first-order valence-electron chi connectivity index (χ1n) is 8.05. The van der Waals surface area contributed by atoms with Gasteiger partial charge in [0.1, 0.15) is 0 Å². The van der Waals surface area contributed by atoms with Gasteiger partial charge in [-0.25, -0.2) is 0 Å². The zero-order valence-electron chi connectivity index (χ0n) is 12.5. The molecule has 0 aromatic rings. The van der Waals surface area contributed by atoms with E-state index in [1.54, 1.807) is 0 Å². The minimum absolute atomic E-state index is 0.423. The summed E-state index contributed by atoms with van der Waals surface area (Å²) >= 11 is 0. The molecule has 3 heteroatoms. The Balaban J connectivity index is 1.89. The summed E-state index contributed by atoms with van der Waals surface area (Å²) in [7, 11) is 0. The van der Waals surface area contributed by atoms with E-state index in [0.717, 1.165) is 50.7 Å². The summed E-state index contributed by atoms with van der Waals surface area (Å²) in [6, 6.07) is 0.727. The van der Waals surface area contributed by atoms with Crippen LogP contribution in [0.1, 0.15) is 65.2 Å². The molecular weight excluding hydrogens is 238 g/mol. The Kier molecular flexibility index (Phi) is 4.88.